The molecule has 0 aliphatic carbocycles. The minimum atomic E-state index is -3.72. The largest absolute Gasteiger partial charge is 0.352 e. The average molecular weight is 334 g/mol. The van der Waals surface area contributed by atoms with Gasteiger partial charge in [0, 0.05) is 19.2 Å². The van der Waals surface area contributed by atoms with Crippen LogP contribution in [0.4, 0.5) is 0 Å². The van der Waals surface area contributed by atoms with Gasteiger partial charge in [-0.1, -0.05) is 12.1 Å². The summed E-state index contributed by atoms with van der Waals surface area (Å²) in [7, 11) is -6.78. The Labute approximate surface area is 124 Å². The van der Waals surface area contributed by atoms with E-state index in [2.05, 4.69) is 5.32 Å². The van der Waals surface area contributed by atoms with Crippen LogP contribution in [0.5, 0.6) is 0 Å². The normalized spacial score (nSPS) is 12.1. The lowest BCUT2D eigenvalue weighted by Gasteiger charge is -2.06. The summed E-state index contributed by atoms with van der Waals surface area (Å²) >= 11 is 0. The monoisotopic (exact) mass is 334 g/mol. The van der Waals surface area contributed by atoms with E-state index in [9.17, 15) is 21.6 Å². The van der Waals surface area contributed by atoms with Gasteiger partial charge in [-0.3, -0.25) is 4.79 Å². The summed E-state index contributed by atoms with van der Waals surface area (Å²) in [4.78, 5) is 11.5. The van der Waals surface area contributed by atoms with Gasteiger partial charge in [0.25, 0.3) is 0 Å². The molecule has 118 valence electrons. The molecule has 0 saturated heterocycles. The van der Waals surface area contributed by atoms with E-state index in [1.165, 1.54) is 12.1 Å². The van der Waals surface area contributed by atoms with Gasteiger partial charge in [0.15, 0.2) is 0 Å². The first kappa shape index (κ1) is 17.6. The van der Waals surface area contributed by atoms with Gasteiger partial charge < -0.3 is 5.32 Å². The van der Waals surface area contributed by atoms with Crippen LogP contribution in [0, 0.1) is 0 Å². The van der Waals surface area contributed by atoms with Crippen molar-refractivity contribution >= 4 is 25.8 Å². The summed E-state index contributed by atoms with van der Waals surface area (Å²) in [5.74, 6) is -0.280. The Hall–Kier alpha value is -1.45. The standard InChI is InChI=1S/C12H18N2O5S2/c1-20(16,17)8-2-3-12(15)14-9-10-4-6-11(7-5-10)21(13,18)19/h4-7H,2-3,8-9H2,1H3,(H,14,15)(H2,13,18,19). The lowest BCUT2D eigenvalue weighted by molar-refractivity contribution is -0.121. The molecule has 21 heavy (non-hydrogen) atoms. The van der Waals surface area contributed by atoms with E-state index in [4.69, 9.17) is 5.14 Å². The molecular formula is C12H18N2O5S2. The lowest BCUT2D eigenvalue weighted by Crippen LogP contribution is -2.23. The van der Waals surface area contributed by atoms with Crippen LogP contribution in [0.3, 0.4) is 0 Å². The Morgan fingerprint density at radius 3 is 2.19 bits per heavy atom. The predicted molar refractivity (Wildman–Crippen MR) is 78.6 cm³/mol. The van der Waals surface area contributed by atoms with E-state index < -0.39 is 19.9 Å². The summed E-state index contributed by atoms with van der Waals surface area (Å²) in [5.41, 5.74) is 0.721. The van der Waals surface area contributed by atoms with Crippen LogP contribution in [0.1, 0.15) is 18.4 Å². The van der Waals surface area contributed by atoms with Crippen LogP contribution in [0.25, 0.3) is 0 Å². The van der Waals surface area contributed by atoms with Crippen molar-refractivity contribution in [1.82, 2.24) is 5.32 Å². The molecule has 0 atom stereocenters. The van der Waals surface area contributed by atoms with Crippen LogP contribution >= 0.6 is 0 Å². The molecule has 0 saturated carbocycles. The molecule has 1 amide bonds. The first-order valence-corrected chi connectivity index (χ1v) is 9.75. The number of hydrogen-bond donors (Lipinski definition) is 2. The van der Waals surface area contributed by atoms with E-state index in [1.54, 1.807) is 12.1 Å². The molecule has 1 aromatic carbocycles. The summed E-state index contributed by atoms with van der Waals surface area (Å²) < 4.78 is 44.0. The van der Waals surface area contributed by atoms with Gasteiger partial charge in [0.1, 0.15) is 9.84 Å². The Kier molecular flexibility index (Phi) is 5.87. The molecule has 7 nitrogen and oxygen atoms in total. The fourth-order valence-electron chi connectivity index (χ4n) is 1.58. The summed E-state index contributed by atoms with van der Waals surface area (Å²) in [6, 6.07) is 5.83. The molecule has 9 heteroatoms. The second kappa shape index (κ2) is 7.01. The first-order chi connectivity index (χ1) is 9.58. The van der Waals surface area contributed by atoms with Gasteiger partial charge in [-0.25, -0.2) is 22.0 Å². The van der Waals surface area contributed by atoms with E-state index in [-0.39, 0.29) is 35.9 Å². The van der Waals surface area contributed by atoms with Gasteiger partial charge in [-0.15, -0.1) is 0 Å². The number of primary sulfonamides is 1. The predicted octanol–water partition coefficient (Wildman–Crippen LogP) is -0.225. The lowest BCUT2D eigenvalue weighted by atomic mass is 10.2. The number of carbonyl (C=O) groups is 1. The molecule has 0 aliphatic heterocycles. The van der Waals surface area contributed by atoms with Crippen molar-refractivity contribution in [3.8, 4) is 0 Å². The molecule has 0 aliphatic rings. The minimum absolute atomic E-state index is 0.00530. The molecule has 1 aromatic rings. The first-order valence-electron chi connectivity index (χ1n) is 6.14. The molecule has 0 radical (unpaired) electrons. The molecule has 0 fully saturated rings. The van der Waals surface area contributed by atoms with Gasteiger partial charge in [0.05, 0.1) is 10.6 Å². The Morgan fingerprint density at radius 2 is 1.71 bits per heavy atom. The topological polar surface area (TPSA) is 123 Å². The Bertz CT molecular complexity index is 694. The number of benzene rings is 1. The van der Waals surface area contributed by atoms with Crippen LogP contribution in [-0.4, -0.2) is 34.8 Å². The summed E-state index contributed by atoms with van der Waals surface area (Å²) in [6.45, 7) is 0.239. The zero-order chi connectivity index (χ0) is 16.1. The van der Waals surface area contributed by atoms with Crippen molar-refractivity contribution in [3.63, 3.8) is 0 Å². The number of carbonyl (C=O) groups excluding carboxylic acids is 1. The molecule has 3 N–H and O–H groups in total. The van der Waals surface area contributed by atoms with Crippen LogP contribution < -0.4 is 10.5 Å². The number of amides is 1. The van der Waals surface area contributed by atoms with E-state index in [0.29, 0.717) is 0 Å². The molecule has 0 bridgehead atoms. The third kappa shape index (κ3) is 7.21. The average Bonchev–Trinajstić information content (AvgIpc) is 2.34. The third-order valence-corrected chi connectivity index (χ3v) is 4.62. The van der Waals surface area contributed by atoms with Crippen molar-refractivity contribution in [2.75, 3.05) is 12.0 Å². The van der Waals surface area contributed by atoms with E-state index in [1.807, 2.05) is 0 Å². The van der Waals surface area contributed by atoms with Crippen LogP contribution in [0.15, 0.2) is 29.2 Å². The maximum atomic E-state index is 11.5. The maximum absolute atomic E-state index is 11.5. The second-order valence-electron chi connectivity index (χ2n) is 4.70. The Morgan fingerprint density at radius 1 is 1.14 bits per heavy atom. The SMILES string of the molecule is CS(=O)(=O)CCCC(=O)NCc1ccc(S(N)(=O)=O)cc1. The fourth-order valence-corrected chi connectivity index (χ4v) is 2.77. The fraction of sp³-hybridized carbons (Fsp3) is 0.417. The molecule has 0 spiro atoms. The molecule has 0 heterocycles. The summed E-state index contributed by atoms with van der Waals surface area (Å²) in [6.07, 6.45) is 1.52. The van der Waals surface area contributed by atoms with Crippen molar-refractivity contribution in [2.45, 2.75) is 24.3 Å². The van der Waals surface area contributed by atoms with Crippen molar-refractivity contribution in [1.29, 1.82) is 0 Å². The van der Waals surface area contributed by atoms with Crippen LogP contribution in [-0.2, 0) is 31.2 Å². The summed E-state index contributed by atoms with van der Waals surface area (Å²) in [5, 5.41) is 7.60. The molecule has 1 rings (SSSR count). The molecular weight excluding hydrogens is 316 g/mol. The van der Waals surface area contributed by atoms with E-state index >= 15 is 0 Å². The number of sulfone groups is 1. The highest BCUT2D eigenvalue weighted by molar-refractivity contribution is 7.90. The van der Waals surface area contributed by atoms with Gasteiger partial charge >= 0.3 is 0 Å². The quantitative estimate of drug-likeness (QED) is 0.713. The smallest absolute Gasteiger partial charge is 0.238 e. The number of rotatable bonds is 7. The minimum Gasteiger partial charge on any atom is -0.352 e. The van der Waals surface area contributed by atoms with Crippen molar-refractivity contribution < 1.29 is 21.6 Å². The number of nitrogens with two attached hydrogens (primary N) is 1. The third-order valence-electron chi connectivity index (χ3n) is 2.66. The highest BCUT2D eigenvalue weighted by Gasteiger charge is 2.08. The molecule has 0 unspecified atom stereocenters. The number of nitrogens with one attached hydrogen (secondary N) is 1. The Balaban J connectivity index is 2.43. The van der Waals surface area contributed by atoms with E-state index in [0.717, 1.165) is 11.8 Å². The van der Waals surface area contributed by atoms with Crippen molar-refractivity contribution in [2.24, 2.45) is 5.14 Å². The van der Waals surface area contributed by atoms with Crippen molar-refractivity contribution in [3.05, 3.63) is 29.8 Å². The van der Waals surface area contributed by atoms with Crippen LogP contribution in [0.2, 0.25) is 0 Å². The highest BCUT2D eigenvalue weighted by Crippen LogP contribution is 2.08. The number of sulfonamides is 1. The molecule has 0 aromatic heterocycles. The highest BCUT2D eigenvalue weighted by atomic mass is 32.2. The number of hydrogen-bond acceptors (Lipinski definition) is 5. The van der Waals surface area contributed by atoms with Gasteiger partial charge in [-0.2, -0.15) is 0 Å². The zero-order valence-corrected chi connectivity index (χ0v) is 13.2. The zero-order valence-electron chi connectivity index (χ0n) is 11.6. The maximum Gasteiger partial charge on any atom is 0.238 e. The van der Waals surface area contributed by atoms with Gasteiger partial charge in [0.2, 0.25) is 15.9 Å². The second-order valence-corrected chi connectivity index (χ2v) is 8.52. The van der Waals surface area contributed by atoms with Gasteiger partial charge in [-0.05, 0) is 24.1 Å².